The van der Waals surface area contributed by atoms with Crippen molar-refractivity contribution in [2.24, 2.45) is 5.41 Å². The zero-order valence-electron chi connectivity index (χ0n) is 10.0. The SMILES string of the molecule is O=C(CC1(C(=O)O)CCCC1)NCc1ccon1. The average molecular weight is 252 g/mol. The van der Waals surface area contributed by atoms with Gasteiger partial charge in [0.1, 0.15) is 12.0 Å². The van der Waals surface area contributed by atoms with Crippen LogP contribution in [0.15, 0.2) is 16.9 Å². The number of aromatic nitrogens is 1. The van der Waals surface area contributed by atoms with Gasteiger partial charge in [-0.05, 0) is 12.8 Å². The number of aliphatic carboxylic acids is 1. The van der Waals surface area contributed by atoms with Crippen LogP contribution in [0.1, 0.15) is 37.8 Å². The molecule has 18 heavy (non-hydrogen) atoms. The maximum absolute atomic E-state index is 11.8. The van der Waals surface area contributed by atoms with Crippen molar-refractivity contribution in [2.45, 2.75) is 38.6 Å². The second-order valence-electron chi connectivity index (χ2n) is 4.74. The van der Waals surface area contributed by atoms with E-state index in [9.17, 15) is 14.7 Å². The lowest BCUT2D eigenvalue weighted by atomic mass is 9.82. The number of carboxylic acid groups (broad SMARTS) is 1. The number of hydrogen-bond donors (Lipinski definition) is 2. The summed E-state index contributed by atoms with van der Waals surface area (Å²) in [5.74, 6) is -1.11. The molecule has 0 saturated heterocycles. The van der Waals surface area contributed by atoms with Crippen LogP contribution in [0.25, 0.3) is 0 Å². The predicted octanol–water partition coefficient (Wildman–Crippen LogP) is 1.33. The molecule has 1 aromatic heterocycles. The molecular weight excluding hydrogens is 236 g/mol. The third-order valence-corrected chi connectivity index (χ3v) is 3.47. The Balaban J connectivity index is 1.88. The molecule has 0 unspecified atom stereocenters. The van der Waals surface area contributed by atoms with E-state index in [0.29, 0.717) is 18.5 Å². The molecule has 0 spiro atoms. The summed E-state index contributed by atoms with van der Waals surface area (Å²) in [4.78, 5) is 23.1. The van der Waals surface area contributed by atoms with Crippen molar-refractivity contribution < 1.29 is 19.2 Å². The Kier molecular flexibility index (Phi) is 3.64. The second-order valence-corrected chi connectivity index (χ2v) is 4.74. The normalized spacial score (nSPS) is 17.6. The van der Waals surface area contributed by atoms with Gasteiger partial charge in [-0.2, -0.15) is 0 Å². The van der Waals surface area contributed by atoms with Crippen LogP contribution in [0.4, 0.5) is 0 Å². The molecule has 0 atom stereocenters. The van der Waals surface area contributed by atoms with E-state index in [1.54, 1.807) is 6.07 Å². The van der Waals surface area contributed by atoms with Gasteiger partial charge in [-0.15, -0.1) is 0 Å². The summed E-state index contributed by atoms with van der Waals surface area (Å²) in [6, 6.07) is 1.66. The number of hydrogen-bond acceptors (Lipinski definition) is 4. The third kappa shape index (κ3) is 2.69. The van der Waals surface area contributed by atoms with E-state index in [0.717, 1.165) is 12.8 Å². The Morgan fingerprint density at radius 2 is 2.17 bits per heavy atom. The predicted molar refractivity (Wildman–Crippen MR) is 61.5 cm³/mol. The molecule has 1 saturated carbocycles. The molecule has 1 aliphatic carbocycles. The molecule has 1 aliphatic rings. The molecule has 1 aromatic rings. The molecule has 98 valence electrons. The van der Waals surface area contributed by atoms with Gasteiger partial charge in [0.25, 0.3) is 0 Å². The Bertz CT molecular complexity index is 421. The van der Waals surface area contributed by atoms with Gasteiger partial charge in [-0.3, -0.25) is 9.59 Å². The van der Waals surface area contributed by atoms with Gasteiger partial charge < -0.3 is 14.9 Å². The molecular formula is C12H16N2O4. The van der Waals surface area contributed by atoms with Gasteiger partial charge in [0.15, 0.2) is 0 Å². The highest BCUT2D eigenvalue weighted by Crippen LogP contribution is 2.41. The summed E-state index contributed by atoms with van der Waals surface area (Å²) >= 11 is 0. The molecule has 1 fully saturated rings. The Labute approximate surface area is 104 Å². The fraction of sp³-hybridized carbons (Fsp3) is 0.583. The van der Waals surface area contributed by atoms with Crippen molar-refractivity contribution in [3.8, 4) is 0 Å². The van der Waals surface area contributed by atoms with E-state index in [1.807, 2.05) is 0 Å². The van der Waals surface area contributed by atoms with Crippen LogP contribution in [-0.4, -0.2) is 22.1 Å². The molecule has 0 bridgehead atoms. The lowest BCUT2D eigenvalue weighted by Crippen LogP contribution is -2.35. The minimum absolute atomic E-state index is 0.0418. The van der Waals surface area contributed by atoms with Crippen molar-refractivity contribution in [2.75, 3.05) is 0 Å². The minimum atomic E-state index is -0.867. The van der Waals surface area contributed by atoms with Gasteiger partial charge in [0.05, 0.1) is 12.0 Å². The Hall–Kier alpha value is -1.85. The number of carbonyl (C=O) groups is 2. The highest BCUT2D eigenvalue weighted by molar-refractivity contribution is 5.85. The van der Waals surface area contributed by atoms with Crippen LogP contribution < -0.4 is 5.32 Å². The molecule has 2 N–H and O–H groups in total. The molecule has 0 aliphatic heterocycles. The van der Waals surface area contributed by atoms with E-state index in [2.05, 4.69) is 15.0 Å². The topological polar surface area (TPSA) is 92.4 Å². The average Bonchev–Trinajstić information content (AvgIpc) is 2.97. The van der Waals surface area contributed by atoms with E-state index >= 15 is 0 Å². The second kappa shape index (κ2) is 5.20. The molecule has 0 radical (unpaired) electrons. The number of carboxylic acids is 1. The quantitative estimate of drug-likeness (QED) is 0.824. The molecule has 6 heteroatoms. The van der Waals surface area contributed by atoms with Crippen LogP contribution in [-0.2, 0) is 16.1 Å². The third-order valence-electron chi connectivity index (χ3n) is 3.47. The minimum Gasteiger partial charge on any atom is -0.481 e. The maximum atomic E-state index is 11.8. The van der Waals surface area contributed by atoms with Crippen molar-refractivity contribution >= 4 is 11.9 Å². The smallest absolute Gasteiger partial charge is 0.310 e. The van der Waals surface area contributed by atoms with Gasteiger partial charge in [-0.25, -0.2) is 0 Å². The van der Waals surface area contributed by atoms with E-state index in [4.69, 9.17) is 0 Å². The molecule has 0 aromatic carbocycles. The number of nitrogens with one attached hydrogen (secondary N) is 1. The van der Waals surface area contributed by atoms with Gasteiger partial charge >= 0.3 is 5.97 Å². The summed E-state index contributed by atoms with van der Waals surface area (Å²) < 4.78 is 4.64. The number of nitrogens with zero attached hydrogens (tertiary/aromatic N) is 1. The fourth-order valence-electron chi connectivity index (χ4n) is 2.41. The van der Waals surface area contributed by atoms with E-state index < -0.39 is 11.4 Å². The first-order valence-corrected chi connectivity index (χ1v) is 6.02. The fourth-order valence-corrected chi connectivity index (χ4v) is 2.41. The van der Waals surface area contributed by atoms with E-state index in [1.165, 1.54) is 6.26 Å². The largest absolute Gasteiger partial charge is 0.481 e. The van der Waals surface area contributed by atoms with Crippen molar-refractivity contribution in [3.05, 3.63) is 18.0 Å². The summed E-state index contributed by atoms with van der Waals surface area (Å²) in [7, 11) is 0. The Morgan fingerprint density at radius 3 is 2.72 bits per heavy atom. The van der Waals surface area contributed by atoms with Crippen LogP contribution in [0.5, 0.6) is 0 Å². The standard InChI is InChI=1S/C12H16N2O4/c15-10(13-8-9-3-6-18-14-9)7-12(11(16)17)4-1-2-5-12/h3,6H,1-2,4-5,7-8H2,(H,13,15)(H,16,17). The lowest BCUT2D eigenvalue weighted by Gasteiger charge is -2.22. The molecule has 6 nitrogen and oxygen atoms in total. The zero-order valence-corrected chi connectivity index (χ0v) is 10.0. The van der Waals surface area contributed by atoms with Gasteiger partial charge in [0.2, 0.25) is 5.91 Å². The number of rotatable bonds is 5. The van der Waals surface area contributed by atoms with E-state index in [-0.39, 0.29) is 18.9 Å². The summed E-state index contributed by atoms with van der Waals surface area (Å²) in [6.45, 7) is 0.269. The van der Waals surface area contributed by atoms with Crippen LogP contribution in [0.3, 0.4) is 0 Å². The molecule has 1 heterocycles. The van der Waals surface area contributed by atoms with Crippen LogP contribution in [0, 0.1) is 5.41 Å². The lowest BCUT2D eigenvalue weighted by molar-refractivity contribution is -0.151. The van der Waals surface area contributed by atoms with Crippen LogP contribution >= 0.6 is 0 Å². The number of amides is 1. The molecule has 1 amide bonds. The maximum Gasteiger partial charge on any atom is 0.310 e. The van der Waals surface area contributed by atoms with Crippen molar-refractivity contribution in [3.63, 3.8) is 0 Å². The Morgan fingerprint density at radius 1 is 1.44 bits per heavy atom. The summed E-state index contributed by atoms with van der Waals surface area (Å²) in [5.41, 5.74) is -0.243. The number of carbonyl (C=O) groups excluding carboxylic acids is 1. The van der Waals surface area contributed by atoms with Crippen molar-refractivity contribution in [1.29, 1.82) is 0 Å². The zero-order chi connectivity index (χ0) is 13.0. The first-order chi connectivity index (χ1) is 8.62. The highest BCUT2D eigenvalue weighted by atomic mass is 16.5. The highest BCUT2D eigenvalue weighted by Gasteiger charge is 2.42. The van der Waals surface area contributed by atoms with Crippen molar-refractivity contribution in [1.82, 2.24) is 10.5 Å². The summed E-state index contributed by atoms with van der Waals surface area (Å²) in [6.07, 6.45) is 4.39. The van der Waals surface area contributed by atoms with Crippen LogP contribution in [0.2, 0.25) is 0 Å². The first-order valence-electron chi connectivity index (χ1n) is 6.02. The first kappa shape index (κ1) is 12.6. The monoisotopic (exact) mass is 252 g/mol. The molecule has 2 rings (SSSR count). The summed E-state index contributed by atoms with van der Waals surface area (Å²) in [5, 5.41) is 15.6. The van der Waals surface area contributed by atoms with Gasteiger partial charge in [0, 0.05) is 12.5 Å². The van der Waals surface area contributed by atoms with Gasteiger partial charge in [-0.1, -0.05) is 18.0 Å².